The van der Waals surface area contributed by atoms with E-state index in [0.717, 1.165) is 17.4 Å². The number of piperidine rings is 1. The third-order valence-corrected chi connectivity index (χ3v) is 7.00. The number of alkyl carbamates (subject to hydrolysis) is 1. The molecule has 1 aromatic carbocycles. The second-order valence-corrected chi connectivity index (χ2v) is 11.6. The highest BCUT2D eigenvalue weighted by molar-refractivity contribution is 6.04. The Hall–Kier alpha value is -4.68. The highest BCUT2D eigenvalue weighted by Gasteiger charge is 2.29. The summed E-state index contributed by atoms with van der Waals surface area (Å²) in [6.07, 6.45) is 4.73. The van der Waals surface area contributed by atoms with Gasteiger partial charge in [-0.3, -0.25) is 23.5 Å². The number of ether oxygens (including phenoxy) is 1. The molecule has 1 aliphatic rings. The van der Waals surface area contributed by atoms with E-state index in [0.29, 0.717) is 31.3 Å². The van der Waals surface area contributed by atoms with E-state index in [1.165, 1.54) is 24.6 Å². The van der Waals surface area contributed by atoms with Gasteiger partial charge < -0.3 is 24.8 Å². The fraction of sp³-hybridized carbons (Fsp3) is 0.467. The van der Waals surface area contributed by atoms with E-state index in [1.807, 2.05) is 24.0 Å². The summed E-state index contributed by atoms with van der Waals surface area (Å²) in [6.45, 7) is 9.44. The standard InChI is InChI=1S/C30H39N7O6/c1-7-8-16-36-24-25(33-27(36)35-15-11-12-20(17-35)32-28(41)43-30(3,4)5)34(6)29(42)37(26(24)40)18-23(39)21-13-9-10-14-22(21)31-19(2)38/h7-10,13-14,20H,11-12,15-18H2,1-6H3,(H,31,38)(H,32,41)/b8-7+. The average Bonchev–Trinajstić information content (AvgIpc) is 3.31. The highest BCUT2D eigenvalue weighted by Crippen LogP contribution is 2.24. The molecular weight excluding hydrogens is 554 g/mol. The Kier molecular flexibility index (Phi) is 9.22. The summed E-state index contributed by atoms with van der Waals surface area (Å²) in [6, 6.07) is 6.23. The molecule has 1 unspecified atom stereocenters. The van der Waals surface area contributed by atoms with Gasteiger partial charge in [-0.05, 0) is 52.7 Å². The van der Waals surface area contributed by atoms with E-state index in [4.69, 9.17) is 9.72 Å². The summed E-state index contributed by atoms with van der Waals surface area (Å²) in [4.78, 5) is 71.5. The fourth-order valence-electron chi connectivity index (χ4n) is 5.13. The number of para-hydroxylation sites is 1. The second-order valence-electron chi connectivity index (χ2n) is 11.6. The Balaban J connectivity index is 1.74. The van der Waals surface area contributed by atoms with Crippen LogP contribution >= 0.6 is 0 Å². The van der Waals surface area contributed by atoms with Gasteiger partial charge in [-0.2, -0.15) is 4.98 Å². The monoisotopic (exact) mass is 593 g/mol. The Bertz CT molecular complexity index is 1690. The molecular formula is C30H39N7O6. The number of rotatable bonds is 8. The zero-order valence-corrected chi connectivity index (χ0v) is 25.5. The summed E-state index contributed by atoms with van der Waals surface area (Å²) >= 11 is 0. The van der Waals surface area contributed by atoms with Gasteiger partial charge in [0.05, 0.1) is 12.2 Å². The lowest BCUT2D eigenvalue weighted by atomic mass is 10.1. The van der Waals surface area contributed by atoms with Gasteiger partial charge in [0.25, 0.3) is 5.56 Å². The number of carbonyl (C=O) groups is 3. The van der Waals surface area contributed by atoms with Crippen LogP contribution in [-0.2, 0) is 29.7 Å². The number of amides is 2. The van der Waals surface area contributed by atoms with Crippen molar-refractivity contribution in [3.8, 4) is 0 Å². The molecule has 0 saturated carbocycles. The quantitative estimate of drug-likeness (QED) is 0.299. The molecule has 1 atom stereocenters. The van der Waals surface area contributed by atoms with Gasteiger partial charge in [0, 0.05) is 45.2 Å². The Labute approximate surface area is 249 Å². The third-order valence-electron chi connectivity index (χ3n) is 7.00. The van der Waals surface area contributed by atoms with Crippen LogP contribution in [0, 0.1) is 0 Å². The predicted molar refractivity (Wildman–Crippen MR) is 164 cm³/mol. The number of anilines is 2. The molecule has 13 nitrogen and oxygen atoms in total. The molecule has 0 bridgehead atoms. The minimum Gasteiger partial charge on any atom is -0.444 e. The van der Waals surface area contributed by atoms with Crippen LogP contribution < -0.4 is 26.8 Å². The lowest BCUT2D eigenvalue weighted by Gasteiger charge is -2.34. The van der Waals surface area contributed by atoms with Gasteiger partial charge in [0.15, 0.2) is 16.9 Å². The lowest BCUT2D eigenvalue weighted by Crippen LogP contribution is -2.49. The van der Waals surface area contributed by atoms with Gasteiger partial charge >= 0.3 is 11.8 Å². The van der Waals surface area contributed by atoms with Gasteiger partial charge in [0.1, 0.15) is 5.60 Å². The number of aromatic nitrogens is 4. The van der Waals surface area contributed by atoms with Gasteiger partial charge in [-0.15, -0.1) is 0 Å². The Morgan fingerprint density at radius 1 is 1.14 bits per heavy atom. The van der Waals surface area contributed by atoms with Gasteiger partial charge in [0.2, 0.25) is 11.9 Å². The average molecular weight is 594 g/mol. The summed E-state index contributed by atoms with van der Waals surface area (Å²) in [7, 11) is 1.51. The first-order chi connectivity index (χ1) is 20.3. The van der Waals surface area contributed by atoms with E-state index >= 15 is 0 Å². The molecule has 230 valence electrons. The number of nitrogens with zero attached hydrogens (tertiary/aromatic N) is 5. The number of hydrogen-bond donors (Lipinski definition) is 2. The van der Waals surface area contributed by atoms with Crippen LogP contribution in [0.5, 0.6) is 0 Å². The molecule has 0 aliphatic carbocycles. The summed E-state index contributed by atoms with van der Waals surface area (Å²) in [5.74, 6) is -0.373. The van der Waals surface area contributed by atoms with E-state index < -0.39 is 35.3 Å². The van der Waals surface area contributed by atoms with Crippen LogP contribution in [-0.4, -0.2) is 61.2 Å². The zero-order valence-electron chi connectivity index (χ0n) is 25.5. The van der Waals surface area contributed by atoms with E-state index in [2.05, 4.69) is 10.6 Å². The largest absolute Gasteiger partial charge is 0.444 e. The molecule has 43 heavy (non-hydrogen) atoms. The number of benzene rings is 1. The van der Waals surface area contributed by atoms with Gasteiger partial charge in [-0.1, -0.05) is 24.3 Å². The van der Waals surface area contributed by atoms with Crippen LogP contribution in [0.2, 0.25) is 0 Å². The van der Waals surface area contributed by atoms with Crippen molar-refractivity contribution in [1.29, 1.82) is 0 Å². The molecule has 2 aromatic heterocycles. The first-order valence-corrected chi connectivity index (χ1v) is 14.3. The Morgan fingerprint density at radius 3 is 2.53 bits per heavy atom. The number of aryl methyl sites for hydroxylation is 1. The second kappa shape index (κ2) is 12.7. The minimum absolute atomic E-state index is 0.181. The van der Waals surface area contributed by atoms with Crippen molar-refractivity contribution >= 4 is 40.6 Å². The molecule has 1 aliphatic heterocycles. The normalized spacial score (nSPS) is 15.6. The van der Waals surface area contributed by atoms with E-state index in [1.54, 1.807) is 43.5 Å². The smallest absolute Gasteiger partial charge is 0.407 e. The number of carbonyl (C=O) groups excluding carboxylic acids is 3. The van der Waals surface area contributed by atoms with Crippen LogP contribution in [0.4, 0.5) is 16.4 Å². The molecule has 13 heteroatoms. The van der Waals surface area contributed by atoms with Crippen molar-refractivity contribution in [2.24, 2.45) is 7.05 Å². The molecule has 3 heterocycles. The first-order valence-electron chi connectivity index (χ1n) is 14.3. The maximum atomic E-state index is 13.9. The number of ketones is 1. The van der Waals surface area contributed by atoms with Gasteiger partial charge in [-0.25, -0.2) is 9.59 Å². The number of fused-ring (bicyclic) bond motifs is 1. The fourth-order valence-corrected chi connectivity index (χ4v) is 5.13. The predicted octanol–water partition coefficient (Wildman–Crippen LogP) is 2.81. The van der Waals surface area contributed by atoms with Crippen molar-refractivity contribution in [2.45, 2.75) is 72.2 Å². The van der Waals surface area contributed by atoms with Crippen LogP contribution in [0.25, 0.3) is 11.2 Å². The molecule has 0 radical (unpaired) electrons. The number of allylic oxidation sites excluding steroid dienone is 2. The van der Waals surface area contributed by atoms with Crippen molar-refractivity contribution in [3.05, 3.63) is 62.8 Å². The third kappa shape index (κ3) is 7.04. The molecule has 4 rings (SSSR count). The molecule has 1 fully saturated rings. The number of hydrogen-bond acceptors (Lipinski definition) is 8. The van der Waals surface area contributed by atoms with Crippen molar-refractivity contribution < 1.29 is 19.1 Å². The molecule has 0 spiro atoms. The number of nitrogens with one attached hydrogen (secondary N) is 2. The summed E-state index contributed by atoms with van der Waals surface area (Å²) in [5, 5.41) is 5.54. The first kappa shape index (κ1) is 31.3. The van der Waals surface area contributed by atoms with E-state index in [9.17, 15) is 24.0 Å². The Morgan fingerprint density at radius 2 is 1.86 bits per heavy atom. The molecule has 1 saturated heterocycles. The molecule has 2 N–H and O–H groups in total. The minimum atomic E-state index is -0.687. The highest BCUT2D eigenvalue weighted by atomic mass is 16.6. The van der Waals surface area contributed by atoms with E-state index in [-0.39, 0.29) is 28.7 Å². The zero-order chi connectivity index (χ0) is 31.5. The summed E-state index contributed by atoms with van der Waals surface area (Å²) < 4.78 is 9.32. The number of imidazole rings is 1. The maximum absolute atomic E-state index is 13.9. The lowest BCUT2D eigenvalue weighted by molar-refractivity contribution is -0.114. The number of Topliss-reactive ketones (excluding diaryl/α,β-unsaturated/α-hetero) is 1. The van der Waals surface area contributed by atoms with Crippen molar-refractivity contribution in [3.63, 3.8) is 0 Å². The maximum Gasteiger partial charge on any atom is 0.407 e. The van der Waals surface area contributed by atoms with Crippen molar-refractivity contribution in [1.82, 2.24) is 24.0 Å². The van der Waals surface area contributed by atoms with Crippen molar-refractivity contribution in [2.75, 3.05) is 23.3 Å². The SMILES string of the molecule is C/C=C/Cn1c(N2CCCC(NC(=O)OC(C)(C)C)C2)nc2c1c(=O)n(CC(=O)c1ccccc1NC(C)=O)c(=O)n2C. The van der Waals surface area contributed by atoms with Crippen LogP contribution in [0.1, 0.15) is 57.8 Å². The van der Waals surface area contributed by atoms with Crippen LogP contribution in [0.15, 0.2) is 46.0 Å². The topological polar surface area (TPSA) is 150 Å². The van der Waals surface area contributed by atoms with Crippen LogP contribution in [0.3, 0.4) is 0 Å². The molecule has 3 aromatic rings. The summed E-state index contributed by atoms with van der Waals surface area (Å²) in [5.41, 5.74) is -1.10. The molecule has 2 amide bonds.